The van der Waals surface area contributed by atoms with Gasteiger partial charge < -0.3 is 20.6 Å². The van der Waals surface area contributed by atoms with Crippen LogP contribution in [0.15, 0.2) is 53.7 Å². The zero-order chi connectivity index (χ0) is 19.8. The third-order valence-corrected chi connectivity index (χ3v) is 4.98. The molecule has 8 heteroatoms. The van der Waals surface area contributed by atoms with Crippen molar-refractivity contribution in [3.8, 4) is 0 Å². The standard InChI is InChI=1S/C21H28ClN5O.HI/c1-2-23-21(25-14-18(28)13-16-7-4-3-5-8-16)26-17-10-12-27(15-17)20-19(22)9-6-11-24-20;/h3-9,11,17-18,28H,2,10,12-15H2,1H3,(H2,23,25,26);1H. The van der Waals surface area contributed by atoms with E-state index in [1.54, 1.807) is 6.20 Å². The first-order valence-corrected chi connectivity index (χ1v) is 10.2. The van der Waals surface area contributed by atoms with Crippen molar-refractivity contribution in [3.05, 3.63) is 59.2 Å². The lowest BCUT2D eigenvalue weighted by Crippen LogP contribution is -2.45. The van der Waals surface area contributed by atoms with Crippen LogP contribution in [0.1, 0.15) is 18.9 Å². The molecule has 29 heavy (non-hydrogen) atoms. The molecule has 0 bridgehead atoms. The fourth-order valence-corrected chi connectivity index (χ4v) is 3.58. The fourth-order valence-electron chi connectivity index (χ4n) is 3.34. The first kappa shape index (κ1) is 23.7. The molecule has 0 saturated carbocycles. The number of aliphatic hydroxyl groups excluding tert-OH is 1. The molecule has 3 N–H and O–H groups in total. The minimum Gasteiger partial charge on any atom is -0.391 e. The molecule has 1 fully saturated rings. The Morgan fingerprint density at radius 2 is 2.10 bits per heavy atom. The summed E-state index contributed by atoms with van der Waals surface area (Å²) in [4.78, 5) is 11.2. The Bertz CT molecular complexity index is 777. The van der Waals surface area contributed by atoms with E-state index in [1.165, 1.54) is 0 Å². The maximum Gasteiger partial charge on any atom is 0.191 e. The molecular weight excluding hydrogens is 501 g/mol. The molecule has 1 aromatic heterocycles. The number of aliphatic hydroxyl groups is 1. The molecule has 2 atom stereocenters. The van der Waals surface area contributed by atoms with Gasteiger partial charge in [-0.15, -0.1) is 24.0 Å². The zero-order valence-electron chi connectivity index (χ0n) is 16.6. The first-order valence-electron chi connectivity index (χ1n) is 9.78. The summed E-state index contributed by atoms with van der Waals surface area (Å²) in [5.41, 5.74) is 1.11. The molecule has 2 aromatic rings. The van der Waals surface area contributed by atoms with Crippen LogP contribution in [0, 0.1) is 0 Å². The van der Waals surface area contributed by atoms with Crippen molar-refractivity contribution in [1.82, 2.24) is 15.6 Å². The third kappa shape index (κ3) is 7.31. The maximum atomic E-state index is 10.3. The molecular formula is C21H29ClIN5O. The van der Waals surface area contributed by atoms with E-state index in [0.717, 1.165) is 43.4 Å². The van der Waals surface area contributed by atoms with E-state index in [-0.39, 0.29) is 30.0 Å². The molecule has 3 rings (SSSR count). The predicted octanol–water partition coefficient (Wildman–Crippen LogP) is 3.09. The largest absolute Gasteiger partial charge is 0.391 e. The number of rotatable bonds is 7. The van der Waals surface area contributed by atoms with Crippen LogP contribution in [-0.2, 0) is 6.42 Å². The highest BCUT2D eigenvalue weighted by molar-refractivity contribution is 14.0. The number of nitrogens with one attached hydrogen (secondary N) is 2. The summed E-state index contributed by atoms with van der Waals surface area (Å²) in [6.45, 7) is 4.86. The molecule has 1 aliphatic rings. The van der Waals surface area contributed by atoms with Gasteiger partial charge in [0.1, 0.15) is 5.82 Å². The summed E-state index contributed by atoms with van der Waals surface area (Å²) < 4.78 is 0. The van der Waals surface area contributed by atoms with E-state index < -0.39 is 6.10 Å². The Labute approximate surface area is 194 Å². The molecule has 1 saturated heterocycles. The maximum absolute atomic E-state index is 10.3. The van der Waals surface area contributed by atoms with E-state index in [1.807, 2.05) is 49.4 Å². The topological polar surface area (TPSA) is 72.8 Å². The monoisotopic (exact) mass is 529 g/mol. The molecule has 0 aliphatic carbocycles. The number of benzene rings is 1. The van der Waals surface area contributed by atoms with Crippen LogP contribution in [0.4, 0.5) is 5.82 Å². The van der Waals surface area contributed by atoms with Gasteiger partial charge >= 0.3 is 0 Å². The molecule has 0 radical (unpaired) electrons. The summed E-state index contributed by atoms with van der Waals surface area (Å²) >= 11 is 6.27. The Kier molecular flexibility index (Phi) is 9.96. The van der Waals surface area contributed by atoms with Crippen molar-refractivity contribution in [2.24, 2.45) is 4.99 Å². The molecule has 1 aliphatic heterocycles. The van der Waals surface area contributed by atoms with Crippen LogP contribution in [0.5, 0.6) is 0 Å². The fraction of sp³-hybridized carbons (Fsp3) is 0.429. The normalized spacial score (nSPS) is 17.6. The van der Waals surface area contributed by atoms with Crippen LogP contribution in [-0.4, -0.2) is 54.4 Å². The number of hydrogen-bond acceptors (Lipinski definition) is 4. The van der Waals surface area contributed by atoms with Crippen LogP contribution >= 0.6 is 35.6 Å². The summed E-state index contributed by atoms with van der Waals surface area (Å²) in [7, 11) is 0. The van der Waals surface area contributed by atoms with E-state index in [0.29, 0.717) is 18.0 Å². The van der Waals surface area contributed by atoms with Gasteiger partial charge in [-0.05, 0) is 31.0 Å². The van der Waals surface area contributed by atoms with Gasteiger partial charge in [0.05, 0.1) is 17.7 Å². The first-order chi connectivity index (χ1) is 13.7. The summed E-state index contributed by atoms with van der Waals surface area (Å²) in [6.07, 6.45) is 2.83. The van der Waals surface area contributed by atoms with Gasteiger partial charge in [-0.3, -0.25) is 4.99 Å². The number of guanidine groups is 1. The lowest BCUT2D eigenvalue weighted by Gasteiger charge is -2.20. The molecule has 0 spiro atoms. The molecule has 6 nitrogen and oxygen atoms in total. The third-order valence-electron chi connectivity index (χ3n) is 4.69. The predicted molar refractivity (Wildman–Crippen MR) is 131 cm³/mol. The van der Waals surface area contributed by atoms with Gasteiger partial charge in [0.15, 0.2) is 5.96 Å². The molecule has 158 valence electrons. The summed E-state index contributed by atoms with van der Waals surface area (Å²) in [5.74, 6) is 1.56. The highest BCUT2D eigenvalue weighted by Gasteiger charge is 2.25. The molecule has 2 unspecified atom stereocenters. The SMILES string of the molecule is CCNC(=NCC(O)Cc1ccccc1)NC1CCN(c2ncccc2Cl)C1.I. The van der Waals surface area contributed by atoms with Gasteiger partial charge in [-0.25, -0.2) is 4.98 Å². The highest BCUT2D eigenvalue weighted by atomic mass is 127. The van der Waals surface area contributed by atoms with Crippen molar-refractivity contribution in [3.63, 3.8) is 0 Å². The number of aromatic nitrogens is 1. The number of hydrogen-bond donors (Lipinski definition) is 3. The number of nitrogens with zero attached hydrogens (tertiary/aromatic N) is 3. The van der Waals surface area contributed by atoms with Crippen molar-refractivity contribution >= 4 is 47.4 Å². The van der Waals surface area contributed by atoms with E-state index >= 15 is 0 Å². The van der Waals surface area contributed by atoms with Gasteiger partial charge in [0.2, 0.25) is 0 Å². The molecule has 1 aromatic carbocycles. The zero-order valence-corrected chi connectivity index (χ0v) is 19.7. The quantitative estimate of drug-likeness (QED) is 0.292. The lowest BCUT2D eigenvalue weighted by molar-refractivity contribution is 0.183. The molecule has 0 amide bonds. The van der Waals surface area contributed by atoms with E-state index in [9.17, 15) is 5.11 Å². The van der Waals surface area contributed by atoms with Gasteiger partial charge in [-0.2, -0.15) is 0 Å². The van der Waals surface area contributed by atoms with Crippen molar-refractivity contribution in [2.75, 3.05) is 31.1 Å². The average Bonchev–Trinajstić information content (AvgIpc) is 3.16. The van der Waals surface area contributed by atoms with Gasteiger partial charge in [0.25, 0.3) is 0 Å². The van der Waals surface area contributed by atoms with Crippen LogP contribution in [0.25, 0.3) is 0 Å². The lowest BCUT2D eigenvalue weighted by atomic mass is 10.1. The van der Waals surface area contributed by atoms with Crippen molar-refractivity contribution in [1.29, 1.82) is 0 Å². The number of anilines is 1. The van der Waals surface area contributed by atoms with E-state index in [2.05, 4.69) is 25.5 Å². The van der Waals surface area contributed by atoms with Crippen LogP contribution in [0.2, 0.25) is 5.02 Å². The smallest absolute Gasteiger partial charge is 0.191 e. The summed E-state index contributed by atoms with van der Waals surface area (Å²) in [5, 5.41) is 17.7. The Balaban J connectivity index is 0.00000300. The Hall–Kier alpha value is -1.58. The van der Waals surface area contributed by atoms with Crippen molar-refractivity contribution < 1.29 is 5.11 Å². The molecule has 2 heterocycles. The Morgan fingerprint density at radius 1 is 1.31 bits per heavy atom. The Morgan fingerprint density at radius 3 is 2.83 bits per heavy atom. The van der Waals surface area contributed by atoms with Gasteiger partial charge in [-0.1, -0.05) is 41.9 Å². The minimum atomic E-state index is -0.509. The number of pyridine rings is 1. The average molecular weight is 530 g/mol. The second-order valence-electron chi connectivity index (χ2n) is 6.95. The second-order valence-corrected chi connectivity index (χ2v) is 7.36. The number of halogens is 2. The van der Waals surface area contributed by atoms with Crippen LogP contribution < -0.4 is 15.5 Å². The van der Waals surface area contributed by atoms with Crippen molar-refractivity contribution in [2.45, 2.75) is 31.9 Å². The minimum absolute atomic E-state index is 0. The number of aliphatic imine (C=N–C) groups is 1. The van der Waals surface area contributed by atoms with Crippen LogP contribution in [0.3, 0.4) is 0 Å². The highest BCUT2D eigenvalue weighted by Crippen LogP contribution is 2.25. The summed E-state index contributed by atoms with van der Waals surface area (Å²) in [6, 6.07) is 13.9. The van der Waals surface area contributed by atoms with E-state index in [4.69, 9.17) is 11.6 Å². The second kappa shape index (κ2) is 12.2. The van der Waals surface area contributed by atoms with Gasteiger partial charge in [0, 0.05) is 38.3 Å².